The second-order valence-corrected chi connectivity index (χ2v) is 4.74. The molecule has 112 valence electrons. The van der Waals surface area contributed by atoms with E-state index in [0.29, 0.717) is 13.1 Å². The van der Waals surface area contributed by atoms with Crippen molar-refractivity contribution < 1.29 is 14.3 Å². The van der Waals surface area contributed by atoms with Crippen LogP contribution in [0, 0.1) is 12.7 Å². The quantitative estimate of drug-likeness (QED) is 0.751. The number of carbonyl (C=O) groups is 1. The summed E-state index contributed by atoms with van der Waals surface area (Å²) >= 11 is 0. The van der Waals surface area contributed by atoms with E-state index >= 15 is 0 Å². The molecule has 0 saturated carbocycles. The van der Waals surface area contributed by atoms with Gasteiger partial charge >= 0.3 is 5.97 Å². The second kappa shape index (κ2) is 6.94. The number of aromatic carboxylic acids is 1. The molecule has 0 aliphatic carbocycles. The van der Waals surface area contributed by atoms with Crippen LogP contribution in [0.2, 0.25) is 0 Å². The lowest BCUT2D eigenvalue weighted by Gasteiger charge is -2.07. The van der Waals surface area contributed by atoms with Gasteiger partial charge in [0.1, 0.15) is 5.82 Å². The number of nitrogens with zero attached hydrogens (tertiary/aromatic N) is 3. The monoisotopic (exact) mass is 292 g/mol. The summed E-state index contributed by atoms with van der Waals surface area (Å²) in [7, 11) is 0. The van der Waals surface area contributed by atoms with Crippen LogP contribution in [0.5, 0.6) is 0 Å². The lowest BCUT2D eigenvalue weighted by atomic mass is 10.1. The first-order valence-corrected chi connectivity index (χ1v) is 6.65. The molecule has 0 aliphatic heterocycles. The van der Waals surface area contributed by atoms with Crippen LogP contribution in [0.25, 0.3) is 0 Å². The van der Waals surface area contributed by atoms with Crippen LogP contribution in [0.15, 0.2) is 24.4 Å². The molecule has 0 fully saturated rings. The Morgan fingerprint density at radius 3 is 2.90 bits per heavy atom. The first-order valence-electron chi connectivity index (χ1n) is 6.65. The third-order valence-electron chi connectivity index (χ3n) is 3.15. The molecule has 0 amide bonds. The van der Waals surface area contributed by atoms with Gasteiger partial charge in [-0.2, -0.15) is 0 Å². The molecule has 6 nitrogen and oxygen atoms in total. The smallest absolute Gasteiger partial charge is 0.358 e. The van der Waals surface area contributed by atoms with Crippen LogP contribution < -0.4 is 5.32 Å². The van der Waals surface area contributed by atoms with Crippen molar-refractivity contribution in [1.29, 1.82) is 0 Å². The summed E-state index contributed by atoms with van der Waals surface area (Å²) in [6.07, 6.45) is 2.21. The third-order valence-corrected chi connectivity index (χ3v) is 3.15. The minimum Gasteiger partial charge on any atom is -0.476 e. The molecule has 1 aromatic heterocycles. The summed E-state index contributed by atoms with van der Waals surface area (Å²) in [5.74, 6) is -1.30. The number of halogens is 1. The fourth-order valence-corrected chi connectivity index (χ4v) is 1.99. The van der Waals surface area contributed by atoms with Crippen LogP contribution in [0.1, 0.15) is 21.6 Å². The van der Waals surface area contributed by atoms with Gasteiger partial charge in [-0.1, -0.05) is 11.3 Å². The molecular weight excluding hydrogens is 275 g/mol. The van der Waals surface area contributed by atoms with Crippen LogP contribution in [-0.4, -0.2) is 39.2 Å². The van der Waals surface area contributed by atoms with E-state index in [1.807, 2.05) is 6.92 Å². The number of carboxylic acids is 1. The summed E-state index contributed by atoms with van der Waals surface area (Å²) in [5, 5.41) is 19.2. The van der Waals surface area contributed by atoms with E-state index in [-0.39, 0.29) is 11.5 Å². The van der Waals surface area contributed by atoms with Crippen molar-refractivity contribution in [2.45, 2.75) is 19.9 Å². The van der Waals surface area contributed by atoms with Gasteiger partial charge in [0.25, 0.3) is 0 Å². The highest BCUT2D eigenvalue weighted by Crippen LogP contribution is 2.10. The van der Waals surface area contributed by atoms with Crippen LogP contribution in [0.3, 0.4) is 0 Å². The first kappa shape index (κ1) is 15.1. The molecule has 0 bridgehead atoms. The van der Waals surface area contributed by atoms with Crippen molar-refractivity contribution in [3.8, 4) is 0 Å². The molecule has 0 spiro atoms. The zero-order chi connectivity index (χ0) is 15.2. The molecule has 1 heterocycles. The van der Waals surface area contributed by atoms with Gasteiger partial charge in [0.15, 0.2) is 5.69 Å². The molecule has 0 saturated heterocycles. The number of aryl methyl sites for hydroxylation is 1. The van der Waals surface area contributed by atoms with Crippen molar-refractivity contribution in [3.63, 3.8) is 0 Å². The molecule has 2 rings (SSSR count). The van der Waals surface area contributed by atoms with Gasteiger partial charge in [0, 0.05) is 6.54 Å². The highest BCUT2D eigenvalue weighted by atomic mass is 19.1. The maximum Gasteiger partial charge on any atom is 0.358 e. The molecule has 7 heteroatoms. The minimum atomic E-state index is -1.08. The Morgan fingerprint density at radius 2 is 2.24 bits per heavy atom. The van der Waals surface area contributed by atoms with Crippen molar-refractivity contribution in [2.24, 2.45) is 0 Å². The number of carboxylic acid groups (broad SMARTS) is 1. The Bertz CT molecular complexity index is 627. The Kier molecular flexibility index (Phi) is 4.99. The van der Waals surface area contributed by atoms with E-state index in [0.717, 1.165) is 24.1 Å². The summed E-state index contributed by atoms with van der Waals surface area (Å²) in [6.45, 7) is 3.85. The Labute approximate surface area is 121 Å². The lowest BCUT2D eigenvalue weighted by Crippen LogP contribution is -2.22. The predicted molar refractivity (Wildman–Crippen MR) is 74.7 cm³/mol. The highest BCUT2D eigenvalue weighted by molar-refractivity contribution is 5.84. The van der Waals surface area contributed by atoms with Gasteiger partial charge in [0.05, 0.1) is 12.7 Å². The molecule has 1 aromatic carbocycles. The standard InChI is InChI=1S/C14H17FN4O2/c1-10-8-12(15)3-2-11(10)4-5-16-6-7-19-9-13(14(20)21)17-18-19/h2-3,8-9,16H,4-7H2,1H3,(H,20,21). The third kappa shape index (κ3) is 4.35. The number of aromatic nitrogens is 3. The minimum absolute atomic E-state index is 0.0584. The Morgan fingerprint density at radius 1 is 1.43 bits per heavy atom. The molecule has 21 heavy (non-hydrogen) atoms. The zero-order valence-corrected chi connectivity index (χ0v) is 11.7. The number of hydrogen-bond acceptors (Lipinski definition) is 4. The van der Waals surface area contributed by atoms with Crippen molar-refractivity contribution in [2.75, 3.05) is 13.1 Å². The van der Waals surface area contributed by atoms with E-state index in [9.17, 15) is 9.18 Å². The summed E-state index contributed by atoms with van der Waals surface area (Å²) in [5.41, 5.74) is 1.99. The van der Waals surface area contributed by atoms with Crippen LogP contribution in [-0.2, 0) is 13.0 Å². The van der Waals surface area contributed by atoms with E-state index in [2.05, 4.69) is 15.6 Å². The molecule has 0 unspecified atom stereocenters. The van der Waals surface area contributed by atoms with E-state index in [1.165, 1.54) is 23.0 Å². The number of rotatable bonds is 7. The van der Waals surface area contributed by atoms with Crippen LogP contribution >= 0.6 is 0 Å². The van der Waals surface area contributed by atoms with Crippen molar-refractivity contribution in [3.05, 3.63) is 47.0 Å². The van der Waals surface area contributed by atoms with Crippen LogP contribution in [0.4, 0.5) is 4.39 Å². The average molecular weight is 292 g/mol. The van der Waals surface area contributed by atoms with Gasteiger partial charge in [-0.25, -0.2) is 9.18 Å². The van der Waals surface area contributed by atoms with Gasteiger partial charge in [-0.05, 0) is 43.1 Å². The molecule has 2 aromatic rings. The molecule has 0 radical (unpaired) electrons. The summed E-state index contributed by atoms with van der Waals surface area (Å²) < 4.78 is 14.4. The normalized spacial score (nSPS) is 10.8. The number of benzene rings is 1. The average Bonchev–Trinajstić information content (AvgIpc) is 2.89. The van der Waals surface area contributed by atoms with Crippen molar-refractivity contribution in [1.82, 2.24) is 20.3 Å². The van der Waals surface area contributed by atoms with Gasteiger partial charge in [0.2, 0.25) is 0 Å². The topological polar surface area (TPSA) is 80.0 Å². The molecule has 2 N–H and O–H groups in total. The van der Waals surface area contributed by atoms with E-state index < -0.39 is 5.97 Å². The zero-order valence-electron chi connectivity index (χ0n) is 11.7. The largest absolute Gasteiger partial charge is 0.476 e. The summed E-state index contributed by atoms with van der Waals surface area (Å²) in [6, 6.07) is 4.78. The predicted octanol–water partition coefficient (Wildman–Crippen LogP) is 1.26. The Balaban J connectivity index is 1.71. The molecular formula is C14H17FN4O2. The van der Waals surface area contributed by atoms with Gasteiger partial charge < -0.3 is 10.4 Å². The maximum atomic E-state index is 13.0. The number of hydrogen-bond donors (Lipinski definition) is 2. The van der Waals surface area contributed by atoms with E-state index in [1.54, 1.807) is 6.07 Å². The maximum absolute atomic E-state index is 13.0. The molecule has 0 atom stereocenters. The van der Waals surface area contributed by atoms with Gasteiger partial charge in [-0.3, -0.25) is 4.68 Å². The molecule has 0 aliphatic rings. The lowest BCUT2D eigenvalue weighted by molar-refractivity contribution is 0.0690. The van der Waals surface area contributed by atoms with Crippen molar-refractivity contribution >= 4 is 5.97 Å². The Hall–Kier alpha value is -2.28. The fourth-order valence-electron chi connectivity index (χ4n) is 1.99. The first-order chi connectivity index (χ1) is 10.1. The SMILES string of the molecule is Cc1cc(F)ccc1CCNCCn1cc(C(=O)O)nn1. The highest BCUT2D eigenvalue weighted by Gasteiger charge is 2.07. The van der Waals surface area contributed by atoms with Gasteiger partial charge in [-0.15, -0.1) is 5.10 Å². The van der Waals surface area contributed by atoms with E-state index in [4.69, 9.17) is 5.11 Å². The summed E-state index contributed by atoms with van der Waals surface area (Å²) in [4.78, 5) is 10.6. The fraction of sp³-hybridized carbons (Fsp3) is 0.357. The number of nitrogens with one attached hydrogen (secondary N) is 1. The second-order valence-electron chi connectivity index (χ2n) is 4.74.